The van der Waals surface area contributed by atoms with Gasteiger partial charge in [0.1, 0.15) is 5.01 Å². The number of hydrogen-bond acceptors (Lipinski definition) is 5. The number of aryl methyl sites for hydroxylation is 1. The molecule has 1 aromatic heterocycles. The van der Waals surface area contributed by atoms with Gasteiger partial charge in [-0.15, -0.1) is 11.3 Å². The van der Waals surface area contributed by atoms with Crippen molar-refractivity contribution < 1.29 is 19.4 Å². The lowest BCUT2D eigenvalue weighted by Crippen LogP contribution is -2.38. The summed E-state index contributed by atoms with van der Waals surface area (Å²) < 4.78 is 4.77. The van der Waals surface area contributed by atoms with Crippen LogP contribution < -0.4 is 5.32 Å². The number of amides is 1. The molecule has 0 fully saturated rings. The van der Waals surface area contributed by atoms with Gasteiger partial charge in [-0.1, -0.05) is 31.2 Å². The van der Waals surface area contributed by atoms with Crippen LogP contribution in [-0.2, 0) is 27.2 Å². The van der Waals surface area contributed by atoms with Crippen molar-refractivity contribution >= 4 is 23.2 Å². The topological polar surface area (TPSA) is 88.5 Å². The van der Waals surface area contributed by atoms with Crippen LogP contribution in [-0.4, -0.2) is 41.7 Å². The fraction of sp³-hybridized carbons (Fsp3) is 0.353. The largest absolute Gasteiger partial charge is 0.479 e. The summed E-state index contributed by atoms with van der Waals surface area (Å²) in [6.45, 7) is 2.04. The number of thiazole rings is 1. The predicted molar refractivity (Wildman–Crippen MR) is 92.1 cm³/mol. The lowest BCUT2D eigenvalue weighted by Gasteiger charge is -2.10. The lowest BCUT2D eigenvalue weighted by molar-refractivity contribution is -0.148. The van der Waals surface area contributed by atoms with E-state index in [-0.39, 0.29) is 18.9 Å². The van der Waals surface area contributed by atoms with Crippen LogP contribution in [0.3, 0.4) is 0 Å². The van der Waals surface area contributed by atoms with Crippen LogP contribution >= 0.6 is 11.3 Å². The molecule has 0 saturated heterocycles. The van der Waals surface area contributed by atoms with Crippen molar-refractivity contribution in [2.75, 3.05) is 13.7 Å². The van der Waals surface area contributed by atoms with Crippen LogP contribution in [0.4, 0.5) is 0 Å². The third-order valence-corrected chi connectivity index (χ3v) is 4.49. The summed E-state index contributed by atoms with van der Waals surface area (Å²) in [5, 5.41) is 14.1. The Morgan fingerprint density at radius 2 is 2.04 bits per heavy atom. The van der Waals surface area contributed by atoms with E-state index in [1.165, 1.54) is 24.0 Å². The number of rotatable bonds is 8. The van der Waals surface area contributed by atoms with Gasteiger partial charge >= 0.3 is 5.97 Å². The van der Waals surface area contributed by atoms with E-state index in [2.05, 4.69) is 29.4 Å². The molecule has 1 atom stereocenters. The molecular weight excluding hydrogens is 328 g/mol. The number of carbonyl (C=O) groups is 2. The normalized spacial score (nSPS) is 11.9. The van der Waals surface area contributed by atoms with E-state index < -0.39 is 12.1 Å². The minimum absolute atomic E-state index is 0.0693. The monoisotopic (exact) mass is 348 g/mol. The Hall–Kier alpha value is -2.25. The van der Waals surface area contributed by atoms with Crippen LogP contribution in [0.2, 0.25) is 0 Å². The molecule has 2 aromatic rings. The highest BCUT2D eigenvalue weighted by molar-refractivity contribution is 7.13. The molecule has 24 heavy (non-hydrogen) atoms. The third-order valence-electron chi connectivity index (χ3n) is 3.55. The van der Waals surface area contributed by atoms with Crippen LogP contribution in [0, 0.1) is 0 Å². The highest BCUT2D eigenvalue weighted by Crippen LogP contribution is 2.24. The van der Waals surface area contributed by atoms with Crippen molar-refractivity contribution in [1.82, 2.24) is 10.3 Å². The summed E-state index contributed by atoms with van der Waals surface area (Å²) in [7, 11) is 1.29. The van der Waals surface area contributed by atoms with Crippen molar-refractivity contribution in [1.29, 1.82) is 0 Å². The second-order valence-corrected chi connectivity index (χ2v) is 6.10. The highest BCUT2D eigenvalue weighted by Gasteiger charge is 2.17. The maximum atomic E-state index is 11.9. The zero-order valence-corrected chi connectivity index (χ0v) is 14.4. The molecule has 1 amide bonds. The summed E-state index contributed by atoms with van der Waals surface area (Å²) in [6, 6.07) is 8.19. The SMILES string of the molecule is CCc1ccc(-c2nc(CC(=O)NCC(OC)C(=O)O)cs2)cc1. The average Bonchev–Trinajstić information content (AvgIpc) is 3.03. The molecule has 0 spiro atoms. The Kier molecular flexibility index (Phi) is 6.45. The molecule has 7 heteroatoms. The Balaban J connectivity index is 1.93. The Bertz CT molecular complexity index is 697. The Morgan fingerprint density at radius 1 is 1.33 bits per heavy atom. The first kappa shape index (κ1) is 18.1. The number of ether oxygens (including phenoxy) is 1. The van der Waals surface area contributed by atoms with E-state index in [4.69, 9.17) is 9.84 Å². The molecular formula is C17H20N2O4S. The number of carboxylic acid groups (broad SMARTS) is 1. The molecule has 2 N–H and O–H groups in total. The fourth-order valence-electron chi connectivity index (χ4n) is 2.11. The molecule has 1 heterocycles. The molecule has 0 aliphatic rings. The van der Waals surface area contributed by atoms with Crippen molar-refractivity contribution in [3.05, 3.63) is 40.9 Å². The van der Waals surface area contributed by atoms with Gasteiger partial charge in [0.2, 0.25) is 5.91 Å². The zero-order valence-electron chi connectivity index (χ0n) is 13.6. The van der Waals surface area contributed by atoms with E-state index in [0.717, 1.165) is 17.0 Å². The average molecular weight is 348 g/mol. The van der Waals surface area contributed by atoms with Crippen LogP contribution in [0.25, 0.3) is 10.6 Å². The number of aromatic nitrogens is 1. The van der Waals surface area contributed by atoms with E-state index in [1.54, 1.807) is 0 Å². The predicted octanol–water partition coefficient (Wildman–Crippen LogP) is 2.13. The van der Waals surface area contributed by atoms with Gasteiger partial charge in [-0.05, 0) is 12.0 Å². The molecule has 0 saturated carbocycles. The smallest absolute Gasteiger partial charge is 0.334 e. The molecule has 0 bridgehead atoms. The summed E-state index contributed by atoms with van der Waals surface area (Å²) in [6.07, 6.45) is 0.0548. The number of carbonyl (C=O) groups excluding carboxylic acids is 1. The molecule has 0 aliphatic carbocycles. The van der Waals surface area contributed by atoms with Crippen LogP contribution in [0.5, 0.6) is 0 Å². The first-order chi connectivity index (χ1) is 11.5. The van der Waals surface area contributed by atoms with Gasteiger partial charge in [-0.25, -0.2) is 9.78 Å². The quantitative estimate of drug-likeness (QED) is 0.763. The first-order valence-electron chi connectivity index (χ1n) is 7.59. The number of nitrogens with zero attached hydrogens (tertiary/aromatic N) is 1. The minimum atomic E-state index is -1.11. The molecule has 0 aliphatic heterocycles. The fourth-order valence-corrected chi connectivity index (χ4v) is 2.93. The van der Waals surface area contributed by atoms with Gasteiger partial charge in [0, 0.05) is 18.1 Å². The number of benzene rings is 1. The first-order valence-corrected chi connectivity index (χ1v) is 8.47. The Morgan fingerprint density at radius 3 is 2.62 bits per heavy atom. The number of hydrogen-bond donors (Lipinski definition) is 2. The maximum absolute atomic E-state index is 11.9. The summed E-state index contributed by atoms with van der Waals surface area (Å²) in [4.78, 5) is 27.2. The highest BCUT2D eigenvalue weighted by atomic mass is 32.1. The van der Waals surface area contributed by atoms with E-state index >= 15 is 0 Å². The van der Waals surface area contributed by atoms with Gasteiger partial charge in [0.05, 0.1) is 18.7 Å². The number of methoxy groups -OCH3 is 1. The molecule has 128 valence electrons. The summed E-state index contributed by atoms with van der Waals surface area (Å²) in [5.41, 5.74) is 2.95. The van der Waals surface area contributed by atoms with Crippen LogP contribution in [0.1, 0.15) is 18.2 Å². The van der Waals surface area contributed by atoms with Gasteiger partial charge in [0.15, 0.2) is 6.10 Å². The van der Waals surface area contributed by atoms with Crippen molar-refractivity contribution in [3.8, 4) is 10.6 Å². The lowest BCUT2D eigenvalue weighted by atomic mass is 10.1. The van der Waals surface area contributed by atoms with Gasteiger partial charge in [-0.3, -0.25) is 4.79 Å². The molecule has 1 unspecified atom stereocenters. The Labute approximate surface area is 144 Å². The van der Waals surface area contributed by atoms with E-state index in [1.807, 2.05) is 17.5 Å². The van der Waals surface area contributed by atoms with Crippen molar-refractivity contribution in [2.45, 2.75) is 25.9 Å². The second-order valence-electron chi connectivity index (χ2n) is 5.24. The maximum Gasteiger partial charge on any atom is 0.334 e. The molecule has 2 rings (SSSR count). The second kappa shape index (κ2) is 8.56. The standard InChI is InChI=1S/C17H20N2O4S/c1-3-11-4-6-12(7-5-11)16-19-13(10-24-16)8-15(20)18-9-14(23-2)17(21)22/h4-7,10,14H,3,8-9H2,1-2H3,(H,18,20)(H,21,22). The van der Waals surface area contributed by atoms with Gasteiger partial charge in [-0.2, -0.15) is 0 Å². The summed E-state index contributed by atoms with van der Waals surface area (Å²) in [5.74, 6) is -1.39. The number of nitrogens with one attached hydrogen (secondary N) is 1. The minimum Gasteiger partial charge on any atom is -0.479 e. The van der Waals surface area contributed by atoms with Gasteiger partial charge < -0.3 is 15.2 Å². The van der Waals surface area contributed by atoms with Crippen molar-refractivity contribution in [2.24, 2.45) is 0 Å². The molecule has 0 radical (unpaired) electrons. The van der Waals surface area contributed by atoms with Crippen molar-refractivity contribution in [3.63, 3.8) is 0 Å². The van der Waals surface area contributed by atoms with Crippen LogP contribution in [0.15, 0.2) is 29.6 Å². The molecule has 1 aromatic carbocycles. The number of carboxylic acids is 1. The van der Waals surface area contributed by atoms with E-state index in [0.29, 0.717) is 5.69 Å². The zero-order chi connectivity index (χ0) is 17.5. The molecule has 6 nitrogen and oxygen atoms in total. The number of aliphatic carboxylic acids is 1. The van der Waals surface area contributed by atoms with Gasteiger partial charge in [0.25, 0.3) is 0 Å². The van der Waals surface area contributed by atoms with E-state index in [9.17, 15) is 9.59 Å². The third kappa shape index (κ3) is 4.87. The summed E-state index contributed by atoms with van der Waals surface area (Å²) >= 11 is 1.48.